The molecule has 142 valence electrons. The summed E-state index contributed by atoms with van der Waals surface area (Å²) in [6, 6.07) is 13.9. The van der Waals surface area contributed by atoms with Gasteiger partial charge in [-0.1, -0.05) is 57.9 Å². The summed E-state index contributed by atoms with van der Waals surface area (Å²) in [5, 5.41) is 0.513. The average Bonchev–Trinajstić information content (AvgIpc) is 2.76. The highest BCUT2D eigenvalue weighted by Gasteiger charge is 2.66. The molecule has 1 fully saturated rings. The van der Waals surface area contributed by atoms with Crippen molar-refractivity contribution in [3.05, 3.63) is 63.1 Å². The molecule has 4 nitrogen and oxygen atoms in total. The Morgan fingerprint density at radius 1 is 1.19 bits per heavy atom. The van der Waals surface area contributed by atoms with Crippen LogP contribution in [0.4, 0.5) is 0 Å². The highest BCUT2D eigenvalue weighted by Crippen LogP contribution is 2.52. The maximum atomic E-state index is 13.6. The summed E-state index contributed by atoms with van der Waals surface area (Å²) in [6.07, 6.45) is 0.665. The molecule has 0 saturated carbocycles. The van der Waals surface area contributed by atoms with Crippen molar-refractivity contribution in [1.29, 1.82) is 0 Å². The highest BCUT2D eigenvalue weighted by atomic mass is 79.9. The van der Waals surface area contributed by atoms with Crippen LogP contribution in [0.15, 0.2) is 46.9 Å². The van der Waals surface area contributed by atoms with Gasteiger partial charge in [0.05, 0.1) is 16.6 Å². The number of hydrogen-bond acceptors (Lipinski definition) is 3. The van der Waals surface area contributed by atoms with Crippen LogP contribution < -0.4 is 4.74 Å². The van der Waals surface area contributed by atoms with Crippen LogP contribution in [0.25, 0.3) is 0 Å². The maximum Gasteiger partial charge on any atom is 0.284 e. The molecule has 0 radical (unpaired) electrons. The second-order valence-electron chi connectivity index (χ2n) is 7.76. The summed E-state index contributed by atoms with van der Waals surface area (Å²) in [5.41, 5.74) is 0.459. The molecule has 2 aliphatic rings. The van der Waals surface area contributed by atoms with Gasteiger partial charge in [-0.15, -0.1) is 0 Å². The quantitative estimate of drug-likeness (QED) is 0.635. The second-order valence-corrected chi connectivity index (χ2v) is 9.08. The SMILES string of the molecule is CN1C(=O)[C@@]2(Oc3c(Cl)cc(Br)cc3C[C@@H]2c2ccccc2)N(C)C1(C)C. The minimum atomic E-state index is -1.13. The van der Waals surface area contributed by atoms with Gasteiger partial charge < -0.3 is 9.64 Å². The number of ether oxygens (including phenoxy) is 1. The summed E-state index contributed by atoms with van der Waals surface area (Å²) in [4.78, 5) is 17.4. The van der Waals surface area contributed by atoms with E-state index in [-0.39, 0.29) is 11.8 Å². The Morgan fingerprint density at radius 3 is 2.44 bits per heavy atom. The van der Waals surface area contributed by atoms with Crippen LogP contribution in [0.2, 0.25) is 5.02 Å². The second kappa shape index (κ2) is 6.23. The molecule has 2 atom stereocenters. The smallest absolute Gasteiger partial charge is 0.284 e. The van der Waals surface area contributed by atoms with E-state index in [1.807, 2.05) is 63.2 Å². The fourth-order valence-electron chi connectivity index (χ4n) is 4.25. The van der Waals surface area contributed by atoms with E-state index in [1.54, 1.807) is 4.90 Å². The van der Waals surface area contributed by atoms with Crippen LogP contribution in [0, 0.1) is 0 Å². The van der Waals surface area contributed by atoms with Gasteiger partial charge in [0.1, 0.15) is 5.75 Å². The zero-order valence-corrected chi connectivity index (χ0v) is 18.1. The van der Waals surface area contributed by atoms with Crippen molar-refractivity contribution in [1.82, 2.24) is 9.80 Å². The van der Waals surface area contributed by atoms with Gasteiger partial charge in [0.15, 0.2) is 0 Å². The molecule has 0 unspecified atom stereocenters. The number of likely N-dealkylation sites (N-methyl/N-ethyl adjacent to an activating group) is 2. The first-order chi connectivity index (χ1) is 12.7. The monoisotopic (exact) mass is 448 g/mol. The Morgan fingerprint density at radius 2 is 1.85 bits per heavy atom. The Kier molecular flexibility index (Phi) is 4.33. The minimum Gasteiger partial charge on any atom is -0.460 e. The lowest BCUT2D eigenvalue weighted by molar-refractivity contribution is -0.153. The van der Waals surface area contributed by atoms with E-state index in [9.17, 15) is 4.79 Å². The van der Waals surface area contributed by atoms with E-state index in [4.69, 9.17) is 16.3 Å². The molecule has 27 heavy (non-hydrogen) atoms. The number of benzene rings is 2. The molecule has 4 rings (SSSR count). The molecule has 1 amide bonds. The fraction of sp³-hybridized carbons (Fsp3) is 0.381. The van der Waals surface area contributed by atoms with E-state index in [0.29, 0.717) is 17.2 Å². The lowest BCUT2D eigenvalue weighted by atomic mass is 9.79. The summed E-state index contributed by atoms with van der Waals surface area (Å²) < 4.78 is 7.45. The fourth-order valence-corrected chi connectivity index (χ4v) is 5.17. The zero-order valence-electron chi connectivity index (χ0n) is 15.8. The van der Waals surface area contributed by atoms with Crippen molar-refractivity contribution in [3.8, 4) is 5.75 Å². The number of fused-ring (bicyclic) bond motifs is 1. The summed E-state index contributed by atoms with van der Waals surface area (Å²) >= 11 is 10.0. The van der Waals surface area contributed by atoms with Crippen molar-refractivity contribution < 1.29 is 9.53 Å². The average molecular weight is 450 g/mol. The third-order valence-electron chi connectivity index (χ3n) is 6.19. The van der Waals surface area contributed by atoms with Crippen molar-refractivity contribution >= 4 is 33.4 Å². The van der Waals surface area contributed by atoms with E-state index in [0.717, 1.165) is 15.6 Å². The number of rotatable bonds is 1. The van der Waals surface area contributed by atoms with Crippen LogP contribution >= 0.6 is 27.5 Å². The predicted octanol–water partition coefficient (Wildman–Crippen LogP) is 4.66. The van der Waals surface area contributed by atoms with E-state index in [2.05, 4.69) is 28.1 Å². The van der Waals surface area contributed by atoms with Crippen LogP contribution in [-0.2, 0) is 11.2 Å². The highest BCUT2D eigenvalue weighted by molar-refractivity contribution is 9.10. The van der Waals surface area contributed by atoms with Crippen molar-refractivity contribution in [3.63, 3.8) is 0 Å². The molecule has 0 bridgehead atoms. The normalized spacial score (nSPS) is 27.0. The molecule has 2 heterocycles. The van der Waals surface area contributed by atoms with Gasteiger partial charge in [-0.2, -0.15) is 0 Å². The Labute approximate surface area is 173 Å². The number of carbonyl (C=O) groups excluding carboxylic acids is 1. The molecule has 2 aliphatic heterocycles. The van der Waals surface area contributed by atoms with Crippen molar-refractivity contribution in [2.24, 2.45) is 0 Å². The third kappa shape index (κ3) is 2.55. The van der Waals surface area contributed by atoms with E-state index >= 15 is 0 Å². The van der Waals surface area contributed by atoms with E-state index in [1.165, 1.54) is 0 Å². The van der Waals surface area contributed by atoms with Crippen molar-refractivity contribution in [2.75, 3.05) is 14.1 Å². The van der Waals surface area contributed by atoms with Gasteiger partial charge in [0.25, 0.3) is 11.6 Å². The van der Waals surface area contributed by atoms with Gasteiger partial charge in [0.2, 0.25) is 0 Å². The predicted molar refractivity (Wildman–Crippen MR) is 110 cm³/mol. The molecule has 0 N–H and O–H groups in total. The molecule has 2 aromatic carbocycles. The molecule has 0 aromatic heterocycles. The Hall–Kier alpha value is -1.56. The third-order valence-corrected chi connectivity index (χ3v) is 6.93. The number of carbonyl (C=O) groups is 1. The van der Waals surface area contributed by atoms with Crippen LogP contribution in [-0.4, -0.2) is 41.2 Å². The van der Waals surface area contributed by atoms with E-state index < -0.39 is 11.4 Å². The Bertz CT molecular complexity index is 918. The van der Waals surface area contributed by atoms with Crippen molar-refractivity contribution in [2.45, 2.75) is 37.6 Å². The molecule has 2 aromatic rings. The van der Waals surface area contributed by atoms with Gasteiger partial charge in [0, 0.05) is 11.5 Å². The molecular formula is C21H22BrClN2O2. The van der Waals surface area contributed by atoms with Gasteiger partial charge in [-0.3, -0.25) is 4.79 Å². The zero-order chi connectivity index (χ0) is 19.6. The number of hydrogen-bond donors (Lipinski definition) is 0. The summed E-state index contributed by atoms with van der Waals surface area (Å²) in [6.45, 7) is 4.06. The molecule has 0 aliphatic carbocycles. The summed E-state index contributed by atoms with van der Waals surface area (Å²) in [7, 11) is 3.78. The minimum absolute atomic E-state index is 0.0477. The largest absolute Gasteiger partial charge is 0.460 e. The molecule has 6 heteroatoms. The van der Waals surface area contributed by atoms with Crippen LogP contribution in [0.3, 0.4) is 0 Å². The molecular weight excluding hydrogens is 428 g/mol. The lowest BCUT2D eigenvalue weighted by Gasteiger charge is -2.46. The number of halogens is 2. The number of amides is 1. The first-order valence-corrected chi connectivity index (χ1v) is 10.1. The molecule has 1 spiro atoms. The first kappa shape index (κ1) is 18.8. The lowest BCUT2D eigenvalue weighted by Crippen LogP contribution is -2.61. The Balaban J connectivity index is 1.96. The van der Waals surface area contributed by atoms with Crippen LogP contribution in [0.5, 0.6) is 5.75 Å². The molecule has 1 saturated heterocycles. The number of nitrogens with zero attached hydrogens (tertiary/aromatic N) is 2. The van der Waals surface area contributed by atoms with Gasteiger partial charge in [-0.05, 0) is 50.6 Å². The van der Waals surface area contributed by atoms with Crippen LogP contribution in [0.1, 0.15) is 30.9 Å². The first-order valence-electron chi connectivity index (χ1n) is 8.93. The van der Waals surface area contributed by atoms with Gasteiger partial charge >= 0.3 is 0 Å². The summed E-state index contributed by atoms with van der Waals surface area (Å²) in [5.74, 6) is 0.394. The standard InChI is InChI=1S/C21H22BrClN2O2/c1-20(2)24(3)19(26)21(25(20)4)16(13-8-6-5-7-9-13)11-14-10-15(22)12-17(23)18(14)27-21/h5-10,12,16H,11H2,1-4H3/t16-,21-/m1/s1. The van der Waals surface area contributed by atoms with Gasteiger partial charge in [-0.25, -0.2) is 4.90 Å². The topological polar surface area (TPSA) is 32.8 Å². The maximum absolute atomic E-state index is 13.6.